The summed E-state index contributed by atoms with van der Waals surface area (Å²) in [5, 5.41) is 15.9. The fraction of sp³-hybridized carbons (Fsp3) is 0.211. The van der Waals surface area contributed by atoms with E-state index in [1.165, 1.54) is 21.1 Å². The zero-order valence-electron chi connectivity index (χ0n) is 15.7. The summed E-state index contributed by atoms with van der Waals surface area (Å²) in [7, 11) is 0. The Labute approximate surface area is 184 Å². The van der Waals surface area contributed by atoms with Crippen LogP contribution in [0.2, 0.25) is 0 Å². The van der Waals surface area contributed by atoms with Crippen LogP contribution in [0.15, 0.2) is 46.1 Å². The van der Waals surface area contributed by atoms with Gasteiger partial charge in [-0.05, 0) is 23.6 Å². The third-order valence-electron chi connectivity index (χ3n) is 4.21. The number of thioether (sulfide) groups is 1. The number of fused-ring (bicyclic) bond motifs is 1. The Bertz CT molecular complexity index is 1070. The fourth-order valence-corrected chi connectivity index (χ4v) is 5.38. The van der Waals surface area contributed by atoms with Crippen molar-refractivity contribution < 1.29 is 14.4 Å². The van der Waals surface area contributed by atoms with Crippen LogP contribution in [0.5, 0.6) is 0 Å². The summed E-state index contributed by atoms with van der Waals surface area (Å²) < 4.78 is 0.769. The van der Waals surface area contributed by atoms with Crippen molar-refractivity contribution in [2.24, 2.45) is 0 Å². The molecule has 3 heterocycles. The summed E-state index contributed by atoms with van der Waals surface area (Å²) >= 11 is 4.55. The first-order valence-corrected chi connectivity index (χ1v) is 11.7. The molecule has 0 bridgehead atoms. The molecule has 0 aliphatic carbocycles. The normalized spacial score (nSPS) is 12.9. The Hall–Kier alpha value is -2.76. The van der Waals surface area contributed by atoms with E-state index < -0.39 is 0 Å². The molecule has 2 N–H and O–H groups in total. The van der Waals surface area contributed by atoms with E-state index in [0.29, 0.717) is 16.5 Å². The molecule has 2 aromatic heterocycles. The number of para-hydroxylation sites is 2. The molecule has 1 aliphatic heterocycles. The molecule has 1 aliphatic rings. The van der Waals surface area contributed by atoms with E-state index in [4.69, 9.17) is 0 Å². The maximum atomic E-state index is 12.6. The molecule has 30 heavy (non-hydrogen) atoms. The molecule has 3 aromatic rings. The van der Waals surface area contributed by atoms with Crippen LogP contribution in [0.4, 0.5) is 16.5 Å². The molecular weight excluding hydrogens is 442 g/mol. The number of thiophene rings is 1. The lowest BCUT2D eigenvalue weighted by atomic mass is 10.1. The molecule has 3 amide bonds. The fourth-order valence-electron chi connectivity index (χ4n) is 2.84. The lowest BCUT2D eigenvalue weighted by Gasteiger charge is -2.29. The van der Waals surface area contributed by atoms with E-state index >= 15 is 0 Å². The van der Waals surface area contributed by atoms with Crippen molar-refractivity contribution in [2.75, 3.05) is 22.1 Å². The predicted octanol–water partition coefficient (Wildman–Crippen LogP) is 3.60. The highest BCUT2D eigenvalue weighted by Crippen LogP contribution is 2.30. The summed E-state index contributed by atoms with van der Waals surface area (Å²) in [6.07, 6.45) is -0.0113. The Balaban J connectivity index is 1.28. The monoisotopic (exact) mass is 459 g/mol. The van der Waals surface area contributed by atoms with Crippen molar-refractivity contribution in [3.05, 3.63) is 46.7 Å². The van der Waals surface area contributed by atoms with Crippen LogP contribution in [0, 0.1) is 0 Å². The molecular formula is C19H17N5O3S3. The van der Waals surface area contributed by atoms with E-state index in [1.54, 1.807) is 47.4 Å². The second-order valence-corrected chi connectivity index (χ2v) is 9.57. The number of anilines is 3. The SMILES string of the molecule is O=C(CCC(=O)N1CC(=O)Nc2ccccc21)Nc1nnc(SCc2cccs2)s1. The summed E-state index contributed by atoms with van der Waals surface area (Å²) in [6, 6.07) is 11.2. The summed E-state index contributed by atoms with van der Waals surface area (Å²) in [4.78, 5) is 39.3. The van der Waals surface area contributed by atoms with Gasteiger partial charge in [0.1, 0.15) is 6.54 Å². The van der Waals surface area contributed by atoms with Gasteiger partial charge in [-0.3, -0.25) is 14.4 Å². The highest BCUT2D eigenvalue weighted by atomic mass is 32.2. The average Bonchev–Trinajstić information content (AvgIpc) is 3.41. The lowest BCUT2D eigenvalue weighted by Crippen LogP contribution is -2.42. The van der Waals surface area contributed by atoms with Crippen molar-refractivity contribution in [3.8, 4) is 0 Å². The van der Waals surface area contributed by atoms with Crippen LogP contribution in [-0.2, 0) is 20.1 Å². The molecule has 0 atom stereocenters. The number of nitrogens with one attached hydrogen (secondary N) is 2. The molecule has 11 heteroatoms. The second kappa shape index (κ2) is 9.37. The van der Waals surface area contributed by atoms with Gasteiger partial charge in [-0.15, -0.1) is 21.5 Å². The average molecular weight is 460 g/mol. The Kier molecular flexibility index (Phi) is 6.41. The minimum absolute atomic E-state index is 0.00360. The molecule has 0 radical (unpaired) electrons. The zero-order chi connectivity index (χ0) is 20.9. The third-order valence-corrected chi connectivity index (χ3v) is 7.29. The molecule has 0 unspecified atom stereocenters. The number of amides is 3. The molecule has 0 fully saturated rings. The summed E-state index contributed by atoms with van der Waals surface area (Å²) in [5.41, 5.74) is 1.23. The first kappa shape index (κ1) is 20.5. The van der Waals surface area contributed by atoms with Crippen LogP contribution in [0.1, 0.15) is 17.7 Å². The maximum absolute atomic E-state index is 12.6. The minimum Gasteiger partial charge on any atom is -0.323 e. The quantitative estimate of drug-likeness (QED) is 0.413. The van der Waals surface area contributed by atoms with Crippen molar-refractivity contribution in [2.45, 2.75) is 22.9 Å². The number of carbonyl (C=O) groups excluding carboxylic acids is 3. The van der Waals surface area contributed by atoms with E-state index in [2.05, 4.69) is 26.9 Å². The number of carbonyl (C=O) groups is 3. The third kappa shape index (κ3) is 5.04. The van der Waals surface area contributed by atoms with Gasteiger partial charge in [0.25, 0.3) is 0 Å². The van der Waals surface area contributed by atoms with E-state index in [-0.39, 0.29) is 37.1 Å². The summed E-state index contributed by atoms with van der Waals surface area (Å²) in [6.45, 7) is -0.0569. The van der Waals surface area contributed by atoms with Crippen molar-refractivity contribution >= 4 is 68.7 Å². The number of hydrogen-bond acceptors (Lipinski definition) is 8. The molecule has 0 saturated heterocycles. The minimum atomic E-state index is -0.316. The van der Waals surface area contributed by atoms with E-state index in [1.807, 2.05) is 11.4 Å². The van der Waals surface area contributed by atoms with Gasteiger partial charge in [0.2, 0.25) is 22.9 Å². The van der Waals surface area contributed by atoms with Gasteiger partial charge in [0, 0.05) is 23.5 Å². The highest BCUT2D eigenvalue weighted by molar-refractivity contribution is 8.00. The van der Waals surface area contributed by atoms with Crippen LogP contribution < -0.4 is 15.5 Å². The molecule has 154 valence electrons. The first-order chi connectivity index (χ1) is 14.6. The molecule has 0 spiro atoms. The van der Waals surface area contributed by atoms with Gasteiger partial charge in [0.05, 0.1) is 11.4 Å². The molecule has 1 aromatic carbocycles. The number of hydrogen-bond donors (Lipinski definition) is 2. The standard InChI is InChI=1S/C19H17N5O3S3/c25-15(21-18-22-23-19(30-18)29-11-12-4-3-9-28-12)7-8-17(27)24-10-16(26)20-13-5-1-2-6-14(13)24/h1-6,9H,7-8,10-11H2,(H,20,26)(H,21,22,25). The maximum Gasteiger partial charge on any atom is 0.244 e. The Morgan fingerprint density at radius 3 is 2.87 bits per heavy atom. The van der Waals surface area contributed by atoms with Gasteiger partial charge in [-0.2, -0.15) is 0 Å². The highest BCUT2D eigenvalue weighted by Gasteiger charge is 2.26. The second-order valence-electron chi connectivity index (χ2n) is 6.33. The summed E-state index contributed by atoms with van der Waals surface area (Å²) in [5.74, 6) is -0.0477. The van der Waals surface area contributed by atoms with Gasteiger partial charge in [0.15, 0.2) is 4.34 Å². The van der Waals surface area contributed by atoms with Crippen LogP contribution in [0.3, 0.4) is 0 Å². The Morgan fingerprint density at radius 1 is 1.17 bits per heavy atom. The molecule has 8 nitrogen and oxygen atoms in total. The van der Waals surface area contributed by atoms with Crippen LogP contribution in [-0.4, -0.2) is 34.5 Å². The molecule has 0 saturated carbocycles. The Morgan fingerprint density at radius 2 is 2.03 bits per heavy atom. The van der Waals surface area contributed by atoms with Gasteiger partial charge < -0.3 is 15.5 Å². The number of nitrogens with zero attached hydrogens (tertiary/aromatic N) is 3. The van der Waals surface area contributed by atoms with Crippen molar-refractivity contribution in [1.29, 1.82) is 0 Å². The zero-order valence-corrected chi connectivity index (χ0v) is 18.1. The van der Waals surface area contributed by atoms with Crippen LogP contribution >= 0.6 is 34.4 Å². The van der Waals surface area contributed by atoms with Crippen LogP contribution in [0.25, 0.3) is 0 Å². The van der Waals surface area contributed by atoms with Gasteiger partial charge in [-0.1, -0.05) is 41.3 Å². The lowest BCUT2D eigenvalue weighted by molar-refractivity contribution is -0.124. The topological polar surface area (TPSA) is 104 Å². The smallest absolute Gasteiger partial charge is 0.244 e. The van der Waals surface area contributed by atoms with Gasteiger partial charge >= 0.3 is 0 Å². The largest absolute Gasteiger partial charge is 0.323 e. The van der Waals surface area contributed by atoms with E-state index in [0.717, 1.165) is 10.1 Å². The number of rotatable bonds is 7. The van der Waals surface area contributed by atoms with Crippen molar-refractivity contribution in [1.82, 2.24) is 10.2 Å². The predicted molar refractivity (Wildman–Crippen MR) is 119 cm³/mol. The van der Waals surface area contributed by atoms with Crippen molar-refractivity contribution in [3.63, 3.8) is 0 Å². The first-order valence-electron chi connectivity index (χ1n) is 9.06. The molecule has 4 rings (SSSR count). The van der Waals surface area contributed by atoms with E-state index in [9.17, 15) is 14.4 Å². The number of aromatic nitrogens is 2. The van der Waals surface area contributed by atoms with Gasteiger partial charge in [-0.25, -0.2) is 0 Å². The number of benzene rings is 1.